The van der Waals surface area contributed by atoms with Crippen LogP contribution >= 0.6 is 11.6 Å². The number of halogens is 3. The third kappa shape index (κ3) is 4.77. The minimum absolute atomic E-state index is 0.00975. The van der Waals surface area contributed by atoms with Crippen LogP contribution in [0.4, 0.5) is 14.5 Å². The van der Waals surface area contributed by atoms with E-state index < -0.39 is 22.2 Å². The molecule has 0 aliphatic rings. The van der Waals surface area contributed by atoms with Gasteiger partial charge in [0.2, 0.25) is 0 Å². The van der Waals surface area contributed by atoms with Gasteiger partial charge in [-0.05, 0) is 24.3 Å². The topological polar surface area (TPSA) is 76.4 Å². The summed E-state index contributed by atoms with van der Waals surface area (Å²) < 4.78 is 52.8. The number of benzene rings is 1. The third-order valence-electron chi connectivity index (χ3n) is 2.78. The van der Waals surface area contributed by atoms with Gasteiger partial charge in [0.1, 0.15) is 11.5 Å². The van der Waals surface area contributed by atoms with Crippen molar-refractivity contribution in [2.75, 3.05) is 11.6 Å². The van der Waals surface area contributed by atoms with Crippen molar-refractivity contribution in [3.8, 4) is 0 Å². The lowest BCUT2D eigenvalue weighted by molar-refractivity contribution is 0.0995. The van der Waals surface area contributed by atoms with Crippen molar-refractivity contribution in [2.45, 2.75) is 12.2 Å². The molecule has 0 spiro atoms. The molecular formula is C14H12ClF2NO4S. The molecule has 1 N–H and O–H groups in total. The zero-order valence-electron chi connectivity index (χ0n) is 11.8. The third-order valence-corrected chi connectivity index (χ3v) is 3.92. The smallest absolute Gasteiger partial charge is 0.291 e. The fourth-order valence-corrected chi connectivity index (χ4v) is 2.63. The Morgan fingerprint density at radius 1 is 1.30 bits per heavy atom. The maximum atomic E-state index is 12.7. The fraction of sp³-hybridized carbons (Fsp3) is 0.214. The number of sulfone groups is 1. The maximum absolute atomic E-state index is 12.7. The number of rotatable bonds is 5. The summed E-state index contributed by atoms with van der Waals surface area (Å²) in [6.07, 6.45) is -1.67. The van der Waals surface area contributed by atoms with Crippen molar-refractivity contribution in [1.29, 1.82) is 0 Å². The van der Waals surface area contributed by atoms with Crippen LogP contribution in [-0.4, -0.2) is 20.6 Å². The van der Waals surface area contributed by atoms with Crippen LogP contribution in [0.1, 0.15) is 28.3 Å². The largest absolute Gasteiger partial charge is 0.455 e. The second-order valence-corrected chi connectivity index (χ2v) is 7.38. The second-order valence-electron chi connectivity index (χ2n) is 4.83. The first-order valence-corrected chi connectivity index (χ1v) is 8.75. The normalized spacial score (nSPS) is 11.7. The summed E-state index contributed by atoms with van der Waals surface area (Å²) in [6.45, 7) is 0. The van der Waals surface area contributed by atoms with Gasteiger partial charge in [0.25, 0.3) is 12.3 Å². The van der Waals surface area contributed by atoms with Crippen LogP contribution in [0.25, 0.3) is 0 Å². The molecule has 0 saturated heterocycles. The first-order valence-electron chi connectivity index (χ1n) is 6.31. The van der Waals surface area contributed by atoms with Gasteiger partial charge in [-0.3, -0.25) is 4.79 Å². The molecule has 0 fully saturated rings. The van der Waals surface area contributed by atoms with Gasteiger partial charge in [-0.1, -0.05) is 17.7 Å². The molecule has 0 radical (unpaired) electrons. The van der Waals surface area contributed by atoms with Crippen LogP contribution < -0.4 is 5.32 Å². The highest BCUT2D eigenvalue weighted by atomic mass is 35.5. The SMILES string of the molecule is CS(=O)(=O)Cc1ccc(C(=O)Nc2cc(C(F)F)ccc2Cl)o1. The Labute approximate surface area is 136 Å². The zero-order chi connectivity index (χ0) is 17.2. The van der Waals surface area contributed by atoms with E-state index in [2.05, 4.69) is 5.32 Å². The number of amides is 1. The van der Waals surface area contributed by atoms with E-state index in [-0.39, 0.29) is 33.5 Å². The molecule has 9 heteroatoms. The Balaban J connectivity index is 2.18. The highest BCUT2D eigenvalue weighted by Gasteiger charge is 2.17. The lowest BCUT2D eigenvalue weighted by Crippen LogP contribution is -2.11. The molecule has 23 heavy (non-hydrogen) atoms. The van der Waals surface area contributed by atoms with Gasteiger partial charge >= 0.3 is 0 Å². The van der Waals surface area contributed by atoms with E-state index in [0.717, 1.165) is 18.4 Å². The summed E-state index contributed by atoms with van der Waals surface area (Å²) in [5.41, 5.74) is -0.280. The summed E-state index contributed by atoms with van der Waals surface area (Å²) in [4.78, 5) is 12.0. The van der Waals surface area contributed by atoms with Crippen molar-refractivity contribution in [2.24, 2.45) is 0 Å². The van der Waals surface area contributed by atoms with Crippen molar-refractivity contribution in [1.82, 2.24) is 0 Å². The van der Waals surface area contributed by atoms with Gasteiger partial charge in [-0.15, -0.1) is 0 Å². The molecule has 0 aliphatic carbocycles. The zero-order valence-corrected chi connectivity index (χ0v) is 13.4. The maximum Gasteiger partial charge on any atom is 0.291 e. The first kappa shape index (κ1) is 17.4. The monoisotopic (exact) mass is 363 g/mol. The molecule has 0 saturated carbocycles. The predicted molar refractivity (Wildman–Crippen MR) is 81.6 cm³/mol. The lowest BCUT2D eigenvalue weighted by atomic mass is 10.2. The van der Waals surface area contributed by atoms with Gasteiger partial charge in [0.05, 0.1) is 10.7 Å². The first-order chi connectivity index (χ1) is 10.7. The van der Waals surface area contributed by atoms with Crippen molar-refractivity contribution < 1.29 is 26.4 Å². The van der Waals surface area contributed by atoms with Crippen LogP contribution in [0, 0.1) is 0 Å². The number of furan rings is 1. The van der Waals surface area contributed by atoms with Gasteiger partial charge in [-0.25, -0.2) is 17.2 Å². The van der Waals surface area contributed by atoms with Crippen LogP contribution in [0.3, 0.4) is 0 Å². The summed E-state index contributed by atoms with van der Waals surface area (Å²) in [7, 11) is -3.30. The number of nitrogens with one attached hydrogen (secondary N) is 1. The van der Waals surface area contributed by atoms with Crippen LogP contribution in [0.15, 0.2) is 34.7 Å². The molecule has 0 aliphatic heterocycles. The van der Waals surface area contributed by atoms with Crippen molar-refractivity contribution in [3.63, 3.8) is 0 Å². The minimum Gasteiger partial charge on any atom is -0.455 e. The Bertz CT molecular complexity index is 833. The average molecular weight is 364 g/mol. The second kappa shape index (κ2) is 6.67. The standard InChI is InChI=1S/C14H12ClF2NO4S/c1-23(20,21)7-9-3-5-12(22-9)14(19)18-11-6-8(13(16)17)2-4-10(11)15/h2-6,13H,7H2,1H3,(H,18,19). The molecule has 0 unspecified atom stereocenters. The van der Waals surface area contributed by atoms with E-state index in [1.807, 2.05) is 0 Å². The van der Waals surface area contributed by atoms with E-state index >= 15 is 0 Å². The Morgan fingerprint density at radius 3 is 2.61 bits per heavy atom. The molecule has 0 bridgehead atoms. The summed E-state index contributed by atoms with van der Waals surface area (Å²) in [5, 5.41) is 2.44. The highest BCUT2D eigenvalue weighted by Crippen LogP contribution is 2.28. The van der Waals surface area contributed by atoms with E-state index in [0.29, 0.717) is 0 Å². The number of carbonyl (C=O) groups is 1. The van der Waals surface area contributed by atoms with Crippen molar-refractivity contribution in [3.05, 3.63) is 52.4 Å². The molecule has 0 atom stereocenters. The molecule has 124 valence electrons. The van der Waals surface area contributed by atoms with Crippen molar-refractivity contribution >= 4 is 33.0 Å². The number of hydrogen-bond acceptors (Lipinski definition) is 4. The van der Waals surface area contributed by atoms with E-state index in [1.54, 1.807) is 0 Å². The number of hydrogen-bond donors (Lipinski definition) is 1. The number of carbonyl (C=O) groups excluding carboxylic acids is 1. The fourth-order valence-electron chi connectivity index (χ4n) is 1.79. The summed E-state index contributed by atoms with van der Waals surface area (Å²) in [5.74, 6) is -1.12. The predicted octanol–water partition coefficient (Wildman–Crippen LogP) is 3.67. The van der Waals surface area contributed by atoms with E-state index in [1.165, 1.54) is 18.2 Å². The molecule has 1 aromatic heterocycles. The van der Waals surface area contributed by atoms with Gasteiger partial charge in [0, 0.05) is 11.8 Å². The van der Waals surface area contributed by atoms with E-state index in [4.69, 9.17) is 16.0 Å². The molecule has 1 aromatic carbocycles. The average Bonchev–Trinajstić information content (AvgIpc) is 2.87. The molecular weight excluding hydrogens is 352 g/mol. The molecule has 1 heterocycles. The van der Waals surface area contributed by atoms with Gasteiger partial charge in [0.15, 0.2) is 15.6 Å². The lowest BCUT2D eigenvalue weighted by Gasteiger charge is -2.08. The molecule has 1 amide bonds. The van der Waals surface area contributed by atoms with Crippen LogP contribution in [-0.2, 0) is 15.6 Å². The van der Waals surface area contributed by atoms with E-state index in [9.17, 15) is 22.0 Å². The number of alkyl halides is 2. The number of anilines is 1. The minimum atomic E-state index is -3.30. The van der Waals surface area contributed by atoms with Gasteiger partial charge in [-0.2, -0.15) is 0 Å². The summed E-state index contributed by atoms with van der Waals surface area (Å²) in [6, 6.07) is 6.11. The summed E-state index contributed by atoms with van der Waals surface area (Å²) >= 11 is 5.86. The van der Waals surface area contributed by atoms with Crippen LogP contribution in [0.2, 0.25) is 5.02 Å². The Morgan fingerprint density at radius 2 is 2.00 bits per heavy atom. The van der Waals surface area contributed by atoms with Gasteiger partial charge < -0.3 is 9.73 Å². The van der Waals surface area contributed by atoms with Crippen LogP contribution in [0.5, 0.6) is 0 Å². The highest BCUT2D eigenvalue weighted by molar-refractivity contribution is 7.89. The Kier molecular flexibility index (Phi) is 5.06. The molecule has 2 aromatic rings. The quantitative estimate of drug-likeness (QED) is 0.879. The Hall–Kier alpha value is -1.93. The molecule has 2 rings (SSSR count). The molecule has 5 nitrogen and oxygen atoms in total.